The molecule has 0 spiro atoms. The van der Waals surface area contributed by atoms with Gasteiger partial charge >= 0.3 is 6.18 Å². The molecule has 2 aliphatic rings. The highest BCUT2D eigenvalue weighted by atomic mass is 19.4. The van der Waals surface area contributed by atoms with Crippen molar-refractivity contribution >= 4 is 33.6 Å². The molecule has 2 aliphatic carbocycles. The molecule has 0 unspecified atom stereocenters. The van der Waals surface area contributed by atoms with Crippen LogP contribution in [0.5, 0.6) is 0 Å². The van der Waals surface area contributed by atoms with Gasteiger partial charge in [-0.05, 0) is 69.2 Å². The Hall–Kier alpha value is -6.65. The second kappa shape index (κ2) is 10.4. The minimum absolute atomic E-state index is 0.0267. The zero-order chi connectivity index (χ0) is 31.1. The Morgan fingerprint density at radius 1 is 0.721 bits per heavy atom. The molecule has 43 heavy (non-hydrogen) atoms. The summed E-state index contributed by atoms with van der Waals surface area (Å²) in [5.41, 5.74) is 1.87. The van der Waals surface area contributed by atoms with Gasteiger partial charge in [-0.1, -0.05) is 54.1 Å². The van der Waals surface area contributed by atoms with E-state index in [1.807, 2.05) is 13.0 Å². The Balaban J connectivity index is 1.84. The van der Waals surface area contributed by atoms with E-state index in [9.17, 15) is 29.0 Å². The van der Waals surface area contributed by atoms with E-state index in [1.54, 1.807) is 48.5 Å². The van der Waals surface area contributed by atoms with Crippen LogP contribution >= 0.6 is 0 Å². The first-order valence-corrected chi connectivity index (χ1v) is 12.4. The van der Waals surface area contributed by atoms with Crippen molar-refractivity contribution in [1.82, 2.24) is 0 Å². The first-order valence-electron chi connectivity index (χ1n) is 12.4. The van der Waals surface area contributed by atoms with Crippen LogP contribution in [0.4, 0.5) is 13.2 Å². The van der Waals surface area contributed by atoms with Crippen molar-refractivity contribution in [3.05, 3.63) is 151 Å². The standard InChI is InChI=1S/C34H13F3N6/c1-18-8-10-22-24(12-18)26(15-38)29(31(22)27(16-39)41-2)19-6-5-7-20(13-19)30-32(28(17-40)42-3)23-11-9-21(34(35,36)37)14-25(23)33(30)43-4/h5-14H,1H3/b31-27+,32-28?. The molecule has 3 aromatic carbocycles. The Kier molecular flexibility index (Phi) is 6.74. The summed E-state index contributed by atoms with van der Waals surface area (Å²) in [5.74, 6) is 0. The van der Waals surface area contributed by atoms with Crippen LogP contribution in [0.1, 0.15) is 44.5 Å². The molecule has 0 N–H and O–H groups in total. The molecule has 200 valence electrons. The summed E-state index contributed by atoms with van der Waals surface area (Å²) in [6.45, 7) is 24.9. The van der Waals surface area contributed by atoms with E-state index in [0.717, 1.165) is 23.8 Å². The average Bonchev–Trinajstić information content (AvgIpc) is 3.50. The fraction of sp³-hybridized carbons (Fsp3) is 0.0588. The van der Waals surface area contributed by atoms with Crippen LogP contribution in [0.15, 0.2) is 72.1 Å². The summed E-state index contributed by atoms with van der Waals surface area (Å²) in [4.78, 5) is 10.2. The van der Waals surface area contributed by atoms with Gasteiger partial charge in [-0.15, -0.1) is 0 Å². The lowest BCUT2D eigenvalue weighted by molar-refractivity contribution is -0.137. The molecular formula is C34H13F3N6. The fourth-order valence-electron chi connectivity index (χ4n) is 5.40. The molecule has 0 saturated carbocycles. The maximum absolute atomic E-state index is 13.6. The van der Waals surface area contributed by atoms with E-state index >= 15 is 0 Å². The van der Waals surface area contributed by atoms with Gasteiger partial charge in [-0.25, -0.2) is 25.1 Å². The topological polar surface area (TPSA) is 84.4 Å². The molecule has 0 amide bonds. The maximum atomic E-state index is 13.6. The predicted octanol–water partition coefficient (Wildman–Crippen LogP) is 8.57. The summed E-state index contributed by atoms with van der Waals surface area (Å²) in [5, 5.41) is 29.8. The summed E-state index contributed by atoms with van der Waals surface area (Å²) in [6.07, 6.45) is -4.69. The summed E-state index contributed by atoms with van der Waals surface area (Å²) >= 11 is 0. The molecule has 0 radical (unpaired) electrons. The van der Waals surface area contributed by atoms with E-state index in [-0.39, 0.29) is 44.8 Å². The van der Waals surface area contributed by atoms with Gasteiger partial charge in [0, 0.05) is 5.57 Å². The number of halogens is 3. The average molecular weight is 563 g/mol. The lowest BCUT2D eigenvalue weighted by atomic mass is 9.90. The molecule has 0 saturated heterocycles. The highest BCUT2D eigenvalue weighted by Crippen LogP contribution is 2.52. The van der Waals surface area contributed by atoms with Crippen LogP contribution in [-0.2, 0) is 6.18 Å². The van der Waals surface area contributed by atoms with Gasteiger partial charge in [-0.3, -0.25) is 0 Å². The van der Waals surface area contributed by atoms with Crippen molar-refractivity contribution in [2.45, 2.75) is 13.1 Å². The third-order valence-electron chi connectivity index (χ3n) is 7.14. The number of nitriles is 3. The normalized spacial score (nSPS) is 15.7. The number of allylic oxidation sites excluding steroid dienone is 7. The SMILES string of the molecule is [C-]#[N+]C(C#N)=C1C(c2cccc(C3=C(C#N)c4cc(C)ccc4/C3=C(/C#N)[N+]#[C-])c2)=C([N+]#[C-])c2cc(C(F)(F)F)ccc21. The van der Waals surface area contributed by atoms with Crippen LogP contribution in [0.2, 0.25) is 0 Å². The van der Waals surface area contributed by atoms with E-state index in [2.05, 4.69) is 20.6 Å². The fourth-order valence-corrected chi connectivity index (χ4v) is 5.40. The minimum Gasteiger partial charge on any atom is -0.237 e. The lowest BCUT2D eigenvalue weighted by Crippen LogP contribution is -2.05. The monoisotopic (exact) mass is 562 g/mol. The van der Waals surface area contributed by atoms with Gasteiger partial charge in [0.2, 0.25) is 5.70 Å². The molecule has 0 aliphatic heterocycles. The quantitative estimate of drug-likeness (QED) is 0.232. The van der Waals surface area contributed by atoms with Crippen LogP contribution in [0, 0.1) is 60.6 Å². The van der Waals surface area contributed by atoms with E-state index in [1.165, 1.54) is 0 Å². The van der Waals surface area contributed by atoms with Gasteiger partial charge in [0.05, 0.1) is 43.0 Å². The Bertz CT molecular complexity index is 2150. The number of fused-ring (bicyclic) bond motifs is 2. The van der Waals surface area contributed by atoms with Gasteiger partial charge in [0.25, 0.3) is 11.4 Å². The number of hydrogen-bond acceptors (Lipinski definition) is 3. The molecule has 6 nitrogen and oxygen atoms in total. The molecular weight excluding hydrogens is 549 g/mol. The Labute approximate surface area is 244 Å². The van der Waals surface area contributed by atoms with Crippen molar-refractivity contribution in [3.63, 3.8) is 0 Å². The lowest BCUT2D eigenvalue weighted by Gasteiger charge is -2.14. The number of alkyl halides is 3. The van der Waals surface area contributed by atoms with Gasteiger partial charge in [0.1, 0.15) is 6.07 Å². The van der Waals surface area contributed by atoms with Crippen LogP contribution < -0.4 is 0 Å². The summed E-state index contributed by atoms with van der Waals surface area (Å²) in [7, 11) is 0. The number of hydrogen-bond donors (Lipinski definition) is 0. The minimum atomic E-state index is -4.69. The number of benzene rings is 3. The number of rotatable bonds is 2. The summed E-state index contributed by atoms with van der Waals surface area (Å²) in [6, 6.07) is 20.5. The van der Waals surface area contributed by atoms with Crippen molar-refractivity contribution < 1.29 is 13.2 Å². The molecule has 5 rings (SSSR count). The van der Waals surface area contributed by atoms with Crippen molar-refractivity contribution in [2.75, 3.05) is 0 Å². The zero-order valence-electron chi connectivity index (χ0n) is 22.1. The third-order valence-corrected chi connectivity index (χ3v) is 7.14. The highest BCUT2D eigenvalue weighted by Gasteiger charge is 2.36. The van der Waals surface area contributed by atoms with E-state index < -0.39 is 17.4 Å². The third kappa shape index (κ3) is 4.32. The van der Waals surface area contributed by atoms with Gasteiger partial charge in [0.15, 0.2) is 0 Å². The molecule has 0 atom stereocenters. The summed E-state index contributed by atoms with van der Waals surface area (Å²) < 4.78 is 40.8. The van der Waals surface area contributed by atoms with Crippen molar-refractivity contribution in [1.29, 1.82) is 15.8 Å². The van der Waals surface area contributed by atoms with E-state index in [4.69, 9.17) is 19.7 Å². The molecule has 0 aromatic heterocycles. The number of nitrogens with zero attached hydrogens (tertiary/aromatic N) is 6. The molecule has 0 bridgehead atoms. The molecule has 0 fully saturated rings. The second-order valence-corrected chi connectivity index (χ2v) is 9.48. The predicted molar refractivity (Wildman–Crippen MR) is 153 cm³/mol. The highest BCUT2D eigenvalue weighted by molar-refractivity contribution is 6.27. The van der Waals surface area contributed by atoms with Crippen LogP contribution in [0.25, 0.3) is 48.1 Å². The Morgan fingerprint density at radius 3 is 1.86 bits per heavy atom. The maximum Gasteiger partial charge on any atom is 0.416 e. The van der Waals surface area contributed by atoms with Crippen LogP contribution in [0.3, 0.4) is 0 Å². The number of aryl methyl sites for hydroxylation is 1. The van der Waals surface area contributed by atoms with Gasteiger partial charge in [-0.2, -0.15) is 18.4 Å². The van der Waals surface area contributed by atoms with E-state index in [0.29, 0.717) is 27.8 Å². The second-order valence-electron chi connectivity index (χ2n) is 9.48. The molecule has 9 heteroatoms. The smallest absolute Gasteiger partial charge is 0.237 e. The largest absolute Gasteiger partial charge is 0.416 e. The van der Waals surface area contributed by atoms with Crippen molar-refractivity contribution in [2.24, 2.45) is 0 Å². The first-order chi connectivity index (χ1) is 20.6. The first kappa shape index (κ1) is 27.9. The van der Waals surface area contributed by atoms with Crippen LogP contribution in [-0.4, -0.2) is 0 Å². The van der Waals surface area contributed by atoms with Crippen molar-refractivity contribution in [3.8, 4) is 18.2 Å². The molecule has 0 heterocycles. The Morgan fingerprint density at radius 2 is 1.30 bits per heavy atom. The molecule has 3 aromatic rings. The zero-order valence-corrected chi connectivity index (χ0v) is 22.1. The van der Waals surface area contributed by atoms with Gasteiger partial charge < -0.3 is 0 Å².